The zero-order chi connectivity index (χ0) is 23.2. The number of amides is 3. The van der Waals surface area contributed by atoms with Gasteiger partial charge in [0.25, 0.3) is 11.8 Å². The summed E-state index contributed by atoms with van der Waals surface area (Å²) in [6.45, 7) is 0.912. The molecule has 0 bridgehead atoms. The van der Waals surface area contributed by atoms with E-state index in [1.54, 1.807) is 29.2 Å². The second-order valence-corrected chi connectivity index (χ2v) is 8.50. The standard InChI is InChI=1S/C27H22N4O3/c32-24(28-14-16-29-15-13-18-7-1-5-11-22(18)29)17-30-25-19-8-2-3-9-20(19)27(34)31(25)23-12-6-4-10-21(23)26(30)33/h1-13,15,25H,14,16-17H2,(H,28,32). The number of carbonyl (C=O) groups excluding carboxylic acids is 3. The molecule has 7 heteroatoms. The van der Waals surface area contributed by atoms with Crippen molar-refractivity contribution < 1.29 is 14.4 Å². The molecule has 3 aromatic carbocycles. The fraction of sp³-hybridized carbons (Fsp3) is 0.148. The molecule has 3 amide bonds. The molecule has 34 heavy (non-hydrogen) atoms. The SMILES string of the molecule is O=C(CN1C(=O)c2ccccc2N2C(=O)c3ccccc3C12)NCCn1ccc2ccccc21. The van der Waals surface area contributed by atoms with Gasteiger partial charge in [-0.2, -0.15) is 0 Å². The molecule has 1 N–H and O–H groups in total. The van der Waals surface area contributed by atoms with E-state index in [1.165, 1.54) is 4.90 Å². The van der Waals surface area contributed by atoms with E-state index < -0.39 is 6.17 Å². The Balaban J connectivity index is 1.23. The molecule has 2 aliphatic heterocycles. The van der Waals surface area contributed by atoms with Gasteiger partial charge in [-0.15, -0.1) is 0 Å². The highest BCUT2D eigenvalue weighted by Crippen LogP contribution is 2.44. The number of hydrogen-bond acceptors (Lipinski definition) is 3. The second-order valence-electron chi connectivity index (χ2n) is 8.50. The fourth-order valence-corrected chi connectivity index (χ4v) is 5.00. The minimum Gasteiger partial charge on any atom is -0.353 e. The largest absolute Gasteiger partial charge is 0.353 e. The maximum atomic E-state index is 13.4. The van der Waals surface area contributed by atoms with Gasteiger partial charge in [0.1, 0.15) is 12.7 Å². The van der Waals surface area contributed by atoms with Crippen LogP contribution in [0.25, 0.3) is 10.9 Å². The molecule has 0 spiro atoms. The molecule has 168 valence electrons. The van der Waals surface area contributed by atoms with Gasteiger partial charge in [0.15, 0.2) is 0 Å². The molecule has 7 nitrogen and oxygen atoms in total. The molecule has 1 aromatic heterocycles. The Kier molecular flexibility index (Phi) is 4.69. The van der Waals surface area contributed by atoms with Gasteiger partial charge in [0, 0.05) is 35.9 Å². The third-order valence-corrected chi connectivity index (χ3v) is 6.55. The van der Waals surface area contributed by atoms with Crippen LogP contribution in [-0.2, 0) is 11.3 Å². The van der Waals surface area contributed by atoms with Crippen LogP contribution in [-0.4, -0.2) is 40.3 Å². The van der Waals surface area contributed by atoms with Crippen LogP contribution in [0.2, 0.25) is 0 Å². The Morgan fingerprint density at radius 3 is 2.44 bits per heavy atom. The highest BCUT2D eigenvalue weighted by atomic mass is 16.2. The minimum absolute atomic E-state index is 0.137. The zero-order valence-electron chi connectivity index (χ0n) is 18.3. The Morgan fingerprint density at radius 2 is 1.56 bits per heavy atom. The molecule has 0 saturated heterocycles. The molecule has 0 radical (unpaired) electrons. The quantitative estimate of drug-likeness (QED) is 0.505. The first-order chi connectivity index (χ1) is 16.6. The Morgan fingerprint density at radius 1 is 0.824 bits per heavy atom. The summed E-state index contributed by atoms with van der Waals surface area (Å²) in [5.74, 6) is -0.681. The molecule has 2 aliphatic rings. The van der Waals surface area contributed by atoms with Crippen molar-refractivity contribution in [3.05, 3.63) is 102 Å². The highest BCUT2D eigenvalue weighted by molar-refractivity contribution is 6.17. The lowest BCUT2D eigenvalue weighted by Crippen LogP contribution is -2.51. The van der Waals surface area contributed by atoms with Gasteiger partial charge >= 0.3 is 0 Å². The maximum absolute atomic E-state index is 13.4. The number of anilines is 1. The van der Waals surface area contributed by atoms with E-state index in [2.05, 4.69) is 16.0 Å². The van der Waals surface area contributed by atoms with E-state index in [4.69, 9.17) is 0 Å². The van der Waals surface area contributed by atoms with Gasteiger partial charge < -0.3 is 14.8 Å². The van der Waals surface area contributed by atoms with Crippen LogP contribution in [0.5, 0.6) is 0 Å². The van der Waals surface area contributed by atoms with E-state index in [0.717, 1.165) is 16.5 Å². The molecule has 1 atom stereocenters. The van der Waals surface area contributed by atoms with E-state index in [9.17, 15) is 14.4 Å². The zero-order valence-corrected chi connectivity index (χ0v) is 18.3. The highest BCUT2D eigenvalue weighted by Gasteiger charge is 2.47. The average Bonchev–Trinajstić information content (AvgIpc) is 3.41. The number of nitrogens with zero attached hydrogens (tertiary/aromatic N) is 3. The number of nitrogens with one attached hydrogen (secondary N) is 1. The van der Waals surface area contributed by atoms with Gasteiger partial charge in [-0.3, -0.25) is 19.3 Å². The minimum atomic E-state index is -0.634. The summed E-state index contributed by atoms with van der Waals surface area (Å²) < 4.78 is 2.09. The van der Waals surface area contributed by atoms with Gasteiger partial charge in [0.05, 0.1) is 11.3 Å². The number of aromatic nitrogens is 1. The lowest BCUT2D eigenvalue weighted by Gasteiger charge is -2.40. The van der Waals surface area contributed by atoms with Crippen molar-refractivity contribution in [2.45, 2.75) is 12.7 Å². The van der Waals surface area contributed by atoms with E-state index in [1.807, 2.05) is 54.7 Å². The molecule has 4 aromatic rings. The Bertz CT molecular complexity index is 1460. The molecular weight excluding hydrogens is 428 g/mol. The number of hydrogen-bond donors (Lipinski definition) is 1. The van der Waals surface area contributed by atoms with Crippen LogP contribution >= 0.6 is 0 Å². The van der Waals surface area contributed by atoms with Crippen LogP contribution in [0, 0.1) is 0 Å². The fourth-order valence-electron chi connectivity index (χ4n) is 5.00. The van der Waals surface area contributed by atoms with E-state index in [-0.39, 0.29) is 24.3 Å². The first-order valence-electron chi connectivity index (χ1n) is 11.3. The summed E-state index contributed by atoms with van der Waals surface area (Å²) in [5, 5.41) is 4.08. The average molecular weight is 450 g/mol. The molecule has 0 saturated carbocycles. The number of carbonyl (C=O) groups is 3. The Labute approximate surface area is 196 Å². The normalized spacial score (nSPS) is 16.4. The van der Waals surface area contributed by atoms with Gasteiger partial charge in [0.2, 0.25) is 5.91 Å². The van der Waals surface area contributed by atoms with Crippen molar-refractivity contribution in [1.29, 1.82) is 0 Å². The van der Waals surface area contributed by atoms with Crippen molar-refractivity contribution in [3.63, 3.8) is 0 Å². The first kappa shape index (κ1) is 20.2. The predicted octanol–water partition coefficient (Wildman–Crippen LogP) is 3.57. The van der Waals surface area contributed by atoms with Crippen LogP contribution in [0.1, 0.15) is 32.4 Å². The van der Waals surface area contributed by atoms with Crippen LogP contribution < -0.4 is 10.2 Å². The topological polar surface area (TPSA) is 74.7 Å². The van der Waals surface area contributed by atoms with E-state index >= 15 is 0 Å². The number of para-hydroxylation sites is 2. The van der Waals surface area contributed by atoms with Gasteiger partial charge in [-0.25, -0.2) is 0 Å². The third kappa shape index (κ3) is 3.08. The molecular formula is C27H22N4O3. The lowest BCUT2D eigenvalue weighted by atomic mass is 10.0. The number of fused-ring (bicyclic) bond motifs is 6. The van der Waals surface area contributed by atoms with Crippen LogP contribution in [0.3, 0.4) is 0 Å². The van der Waals surface area contributed by atoms with Gasteiger partial charge in [-0.1, -0.05) is 48.5 Å². The van der Waals surface area contributed by atoms with Crippen molar-refractivity contribution >= 4 is 34.3 Å². The second kappa shape index (κ2) is 7.88. The molecule has 1 unspecified atom stereocenters. The van der Waals surface area contributed by atoms with Crippen molar-refractivity contribution in [2.24, 2.45) is 0 Å². The van der Waals surface area contributed by atoms with Crippen LogP contribution in [0.15, 0.2) is 85.1 Å². The summed E-state index contributed by atoms with van der Waals surface area (Å²) in [5.41, 5.74) is 3.40. The maximum Gasteiger partial charge on any atom is 0.260 e. The summed E-state index contributed by atoms with van der Waals surface area (Å²) in [6, 6.07) is 24.5. The third-order valence-electron chi connectivity index (χ3n) is 6.55. The summed E-state index contributed by atoms with van der Waals surface area (Å²) in [4.78, 5) is 42.7. The summed E-state index contributed by atoms with van der Waals surface area (Å²) in [6.07, 6.45) is 1.37. The lowest BCUT2D eigenvalue weighted by molar-refractivity contribution is -0.122. The molecule has 3 heterocycles. The van der Waals surface area contributed by atoms with Gasteiger partial charge in [-0.05, 0) is 35.7 Å². The number of benzene rings is 3. The molecule has 0 fully saturated rings. The predicted molar refractivity (Wildman–Crippen MR) is 128 cm³/mol. The van der Waals surface area contributed by atoms with Crippen LogP contribution in [0.4, 0.5) is 5.69 Å². The summed E-state index contributed by atoms with van der Waals surface area (Å²) in [7, 11) is 0. The number of rotatable bonds is 5. The molecule has 6 rings (SSSR count). The van der Waals surface area contributed by atoms with Crippen molar-refractivity contribution in [2.75, 3.05) is 18.0 Å². The summed E-state index contributed by atoms with van der Waals surface area (Å²) >= 11 is 0. The Hall–Kier alpha value is -4.39. The van der Waals surface area contributed by atoms with E-state index in [0.29, 0.717) is 29.9 Å². The van der Waals surface area contributed by atoms with Crippen molar-refractivity contribution in [1.82, 2.24) is 14.8 Å². The smallest absolute Gasteiger partial charge is 0.260 e. The first-order valence-corrected chi connectivity index (χ1v) is 11.3. The van der Waals surface area contributed by atoms with Crippen molar-refractivity contribution in [3.8, 4) is 0 Å². The molecule has 0 aliphatic carbocycles. The monoisotopic (exact) mass is 450 g/mol.